The van der Waals surface area contributed by atoms with Crippen molar-refractivity contribution in [3.8, 4) is 23.1 Å². The van der Waals surface area contributed by atoms with E-state index >= 15 is 0 Å². The van der Waals surface area contributed by atoms with Gasteiger partial charge in [0.25, 0.3) is 0 Å². The summed E-state index contributed by atoms with van der Waals surface area (Å²) in [7, 11) is -2.31. The first-order chi connectivity index (χ1) is 12.1. The Bertz CT molecular complexity index is 964. The Kier molecular flexibility index (Phi) is 4.76. The van der Waals surface area contributed by atoms with Gasteiger partial charge < -0.3 is 13.9 Å². The molecule has 0 unspecified atom stereocenters. The highest BCUT2D eigenvalue weighted by atomic mass is 32.2. The third kappa shape index (κ3) is 3.36. The number of aromatic nitrogens is 1. The van der Waals surface area contributed by atoms with Crippen LogP contribution in [0.5, 0.6) is 11.7 Å². The molecule has 1 heterocycles. The van der Waals surface area contributed by atoms with E-state index < -0.39 is 9.84 Å². The van der Waals surface area contributed by atoms with Crippen LogP contribution in [0.3, 0.4) is 0 Å². The van der Waals surface area contributed by atoms with Crippen LogP contribution >= 0.6 is 0 Å². The molecule has 2 aromatic carbocycles. The van der Waals surface area contributed by atoms with Crippen molar-refractivity contribution in [2.45, 2.75) is 16.8 Å². The van der Waals surface area contributed by atoms with E-state index in [0.717, 1.165) is 0 Å². The van der Waals surface area contributed by atoms with Crippen molar-refractivity contribution in [1.82, 2.24) is 4.98 Å². The lowest BCUT2D eigenvalue weighted by Gasteiger charge is -2.03. The van der Waals surface area contributed by atoms with Crippen LogP contribution in [0.2, 0.25) is 0 Å². The summed E-state index contributed by atoms with van der Waals surface area (Å²) < 4.78 is 41.9. The second-order valence-corrected chi connectivity index (χ2v) is 6.96. The van der Waals surface area contributed by atoms with Crippen molar-refractivity contribution in [3.63, 3.8) is 0 Å². The molecule has 1 aromatic heterocycles. The predicted molar refractivity (Wildman–Crippen MR) is 91.6 cm³/mol. The Labute approximate surface area is 146 Å². The molecule has 0 amide bonds. The number of methoxy groups -OCH3 is 1. The van der Waals surface area contributed by atoms with Crippen molar-refractivity contribution < 1.29 is 22.3 Å². The van der Waals surface area contributed by atoms with Crippen LogP contribution in [0.1, 0.15) is 6.92 Å². The van der Waals surface area contributed by atoms with Gasteiger partial charge in [0.2, 0.25) is 20.8 Å². The molecule has 0 aliphatic heterocycles. The smallest absolute Gasteiger partial charge is 0.325 e. The summed E-state index contributed by atoms with van der Waals surface area (Å²) in [6.07, 6.45) is 0. The lowest BCUT2D eigenvalue weighted by molar-refractivity contribution is 0.251. The molecule has 130 valence electrons. The molecular weight excluding hydrogens is 342 g/mol. The minimum atomic E-state index is -3.86. The highest BCUT2D eigenvalue weighted by Gasteiger charge is 2.29. The zero-order valence-electron chi connectivity index (χ0n) is 13.8. The van der Waals surface area contributed by atoms with E-state index in [0.29, 0.717) is 11.3 Å². The molecule has 0 bridgehead atoms. The van der Waals surface area contributed by atoms with Gasteiger partial charge in [-0.2, -0.15) is 4.98 Å². The Balaban J connectivity index is 2.12. The summed E-state index contributed by atoms with van der Waals surface area (Å²) in [5.74, 6) is 0.641. The molecule has 0 aliphatic rings. The SMILES string of the molecule is CCOc1oc(-c2cccc(OC)c2)nc1S(=O)(=O)c1ccccc1. The van der Waals surface area contributed by atoms with Gasteiger partial charge in [0, 0.05) is 5.56 Å². The van der Waals surface area contributed by atoms with Gasteiger partial charge in [-0.1, -0.05) is 24.3 Å². The highest BCUT2D eigenvalue weighted by molar-refractivity contribution is 7.91. The van der Waals surface area contributed by atoms with E-state index in [1.54, 1.807) is 56.5 Å². The Morgan fingerprint density at radius 2 is 1.84 bits per heavy atom. The molecule has 3 aromatic rings. The fourth-order valence-corrected chi connectivity index (χ4v) is 3.54. The fraction of sp³-hybridized carbons (Fsp3) is 0.167. The van der Waals surface area contributed by atoms with E-state index in [-0.39, 0.29) is 28.4 Å². The normalized spacial score (nSPS) is 11.3. The van der Waals surface area contributed by atoms with Crippen molar-refractivity contribution in [1.29, 1.82) is 0 Å². The van der Waals surface area contributed by atoms with Crippen LogP contribution in [0.15, 0.2) is 68.9 Å². The maximum atomic E-state index is 12.9. The van der Waals surface area contributed by atoms with Gasteiger partial charge in [0.05, 0.1) is 18.6 Å². The molecule has 0 saturated heterocycles. The van der Waals surface area contributed by atoms with Crippen molar-refractivity contribution >= 4 is 9.84 Å². The lowest BCUT2D eigenvalue weighted by Crippen LogP contribution is -2.05. The molecule has 0 fully saturated rings. The second-order valence-electron chi connectivity index (χ2n) is 5.09. The monoisotopic (exact) mass is 359 g/mol. The van der Waals surface area contributed by atoms with E-state index in [9.17, 15) is 8.42 Å². The molecule has 0 saturated carbocycles. The van der Waals surface area contributed by atoms with Crippen molar-refractivity contribution in [3.05, 3.63) is 54.6 Å². The number of ether oxygens (including phenoxy) is 2. The third-order valence-corrected chi connectivity index (χ3v) is 5.13. The van der Waals surface area contributed by atoms with Gasteiger partial charge in [-0.05, 0) is 37.3 Å². The number of benzene rings is 2. The maximum Gasteiger partial charge on any atom is 0.325 e. The van der Waals surface area contributed by atoms with Crippen LogP contribution in [-0.4, -0.2) is 27.1 Å². The largest absolute Gasteiger partial charge is 0.497 e. The molecule has 6 nitrogen and oxygen atoms in total. The molecule has 0 spiro atoms. The molecule has 0 atom stereocenters. The van der Waals surface area contributed by atoms with Crippen LogP contribution in [0, 0.1) is 0 Å². The maximum absolute atomic E-state index is 12.9. The fourth-order valence-electron chi connectivity index (χ4n) is 2.28. The van der Waals surface area contributed by atoms with Gasteiger partial charge in [0.1, 0.15) is 5.75 Å². The average Bonchev–Trinajstić information content (AvgIpc) is 3.08. The van der Waals surface area contributed by atoms with Gasteiger partial charge >= 0.3 is 5.95 Å². The van der Waals surface area contributed by atoms with E-state index in [1.165, 1.54) is 12.1 Å². The molecule has 0 N–H and O–H groups in total. The average molecular weight is 359 g/mol. The molecular formula is C18H17NO5S. The molecule has 0 radical (unpaired) electrons. The van der Waals surface area contributed by atoms with Crippen LogP contribution < -0.4 is 9.47 Å². The molecule has 0 aliphatic carbocycles. The van der Waals surface area contributed by atoms with E-state index in [1.807, 2.05) is 0 Å². The molecule has 25 heavy (non-hydrogen) atoms. The summed E-state index contributed by atoms with van der Waals surface area (Å²) in [5, 5.41) is -0.238. The zero-order valence-corrected chi connectivity index (χ0v) is 14.6. The Morgan fingerprint density at radius 3 is 2.52 bits per heavy atom. The number of hydrogen-bond donors (Lipinski definition) is 0. The zero-order chi connectivity index (χ0) is 17.9. The van der Waals surface area contributed by atoms with Crippen molar-refractivity contribution in [2.24, 2.45) is 0 Å². The molecule has 3 rings (SSSR count). The number of hydrogen-bond acceptors (Lipinski definition) is 6. The standard InChI is InChI=1S/C18H17NO5S/c1-3-23-18-17(25(20,21)15-10-5-4-6-11-15)19-16(24-18)13-8-7-9-14(12-13)22-2/h4-12H,3H2,1-2H3. The minimum Gasteiger partial charge on any atom is -0.497 e. The van der Waals surface area contributed by atoms with E-state index in [2.05, 4.69) is 4.98 Å². The summed E-state index contributed by atoms with van der Waals surface area (Å²) >= 11 is 0. The molecule has 7 heteroatoms. The second kappa shape index (κ2) is 6.98. The quantitative estimate of drug-likeness (QED) is 0.669. The highest BCUT2D eigenvalue weighted by Crippen LogP contribution is 2.34. The van der Waals surface area contributed by atoms with Gasteiger partial charge in [-0.25, -0.2) is 8.42 Å². The number of nitrogens with zero attached hydrogens (tertiary/aromatic N) is 1. The van der Waals surface area contributed by atoms with Crippen LogP contribution in [-0.2, 0) is 9.84 Å². The van der Waals surface area contributed by atoms with Crippen LogP contribution in [0.25, 0.3) is 11.5 Å². The summed E-state index contributed by atoms with van der Waals surface area (Å²) in [6, 6.07) is 15.1. The van der Waals surface area contributed by atoms with Crippen LogP contribution in [0.4, 0.5) is 0 Å². The number of rotatable bonds is 6. The van der Waals surface area contributed by atoms with Crippen molar-refractivity contribution in [2.75, 3.05) is 13.7 Å². The van der Waals surface area contributed by atoms with Gasteiger partial charge in [-0.3, -0.25) is 0 Å². The first-order valence-corrected chi connectivity index (χ1v) is 9.12. The van der Waals surface area contributed by atoms with E-state index in [4.69, 9.17) is 13.9 Å². The Hall–Kier alpha value is -2.80. The number of sulfone groups is 1. The predicted octanol–water partition coefficient (Wildman–Crippen LogP) is 3.58. The summed E-state index contributed by atoms with van der Waals surface area (Å²) in [4.78, 5) is 4.31. The van der Waals surface area contributed by atoms with Gasteiger partial charge in [-0.15, -0.1) is 0 Å². The summed E-state index contributed by atoms with van der Waals surface area (Å²) in [6.45, 7) is 2.00. The summed E-state index contributed by atoms with van der Waals surface area (Å²) in [5.41, 5.74) is 0.592. The Morgan fingerprint density at radius 1 is 1.08 bits per heavy atom. The van der Waals surface area contributed by atoms with Gasteiger partial charge in [0.15, 0.2) is 0 Å². The first kappa shape index (κ1) is 17.0. The lowest BCUT2D eigenvalue weighted by atomic mass is 10.2. The minimum absolute atomic E-state index is 0.121. The first-order valence-electron chi connectivity index (χ1n) is 7.64. The third-order valence-electron chi connectivity index (χ3n) is 3.47. The number of oxazole rings is 1. The topological polar surface area (TPSA) is 78.6 Å².